The summed E-state index contributed by atoms with van der Waals surface area (Å²) in [7, 11) is 3.75. The lowest BCUT2D eigenvalue weighted by Gasteiger charge is -2.30. The molecule has 2 N–H and O–H groups in total. The number of nitrogens with one attached hydrogen (secondary N) is 2. The average molecular weight is 398 g/mol. The van der Waals surface area contributed by atoms with Crippen LogP contribution >= 0.6 is 11.9 Å². The standard InChI is InChI=1S/C23H31N3OS/c1-23(2)20-8-6-5-7-18(20)15-21(23)25-19-11-9-17(10-12-19)16-26(4)22(27)13-14-28-24-3/h5-12,21,24-25H,13-16H2,1-4H3. The van der Waals surface area contributed by atoms with Crippen LogP contribution in [0.2, 0.25) is 0 Å². The van der Waals surface area contributed by atoms with Crippen molar-refractivity contribution in [2.75, 3.05) is 25.2 Å². The van der Waals surface area contributed by atoms with Crippen molar-refractivity contribution in [2.24, 2.45) is 0 Å². The van der Waals surface area contributed by atoms with Crippen LogP contribution in [0.25, 0.3) is 0 Å². The number of carbonyl (C=O) groups excluding carboxylic acids is 1. The van der Waals surface area contributed by atoms with Crippen molar-refractivity contribution in [1.82, 2.24) is 9.62 Å². The van der Waals surface area contributed by atoms with Crippen molar-refractivity contribution in [3.05, 3.63) is 65.2 Å². The quantitative estimate of drug-likeness (QED) is 0.517. The highest BCUT2D eigenvalue weighted by Crippen LogP contribution is 2.39. The highest BCUT2D eigenvalue weighted by molar-refractivity contribution is 7.97. The van der Waals surface area contributed by atoms with E-state index in [2.05, 4.69) is 72.4 Å². The lowest BCUT2D eigenvalue weighted by molar-refractivity contribution is -0.129. The maximum Gasteiger partial charge on any atom is 0.223 e. The number of nitrogens with zero attached hydrogens (tertiary/aromatic N) is 1. The highest BCUT2D eigenvalue weighted by Gasteiger charge is 2.38. The Kier molecular flexibility index (Phi) is 6.68. The largest absolute Gasteiger partial charge is 0.381 e. The van der Waals surface area contributed by atoms with Crippen LogP contribution in [-0.2, 0) is 23.2 Å². The second-order valence-corrected chi connectivity index (χ2v) is 9.13. The van der Waals surface area contributed by atoms with E-state index in [9.17, 15) is 4.79 Å². The molecule has 0 heterocycles. The Morgan fingerprint density at radius 3 is 2.57 bits per heavy atom. The summed E-state index contributed by atoms with van der Waals surface area (Å²) < 4.78 is 3.00. The van der Waals surface area contributed by atoms with Gasteiger partial charge in [0.25, 0.3) is 0 Å². The predicted molar refractivity (Wildman–Crippen MR) is 120 cm³/mol. The van der Waals surface area contributed by atoms with Crippen LogP contribution in [0.15, 0.2) is 48.5 Å². The van der Waals surface area contributed by atoms with Gasteiger partial charge in [-0.2, -0.15) is 0 Å². The number of fused-ring (bicyclic) bond motifs is 1. The molecule has 5 heteroatoms. The van der Waals surface area contributed by atoms with Crippen molar-refractivity contribution in [3.8, 4) is 0 Å². The SMILES string of the molecule is CNSCCC(=O)N(C)Cc1ccc(NC2Cc3ccccc3C2(C)C)cc1. The number of anilines is 1. The Hall–Kier alpha value is -1.98. The van der Waals surface area contributed by atoms with Crippen molar-refractivity contribution >= 4 is 23.5 Å². The van der Waals surface area contributed by atoms with Crippen LogP contribution < -0.4 is 10.0 Å². The molecule has 0 saturated carbocycles. The van der Waals surface area contributed by atoms with E-state index in [-0.39, 0.29) is 11.3 Å². The third kappa shape index (κ3) is 4.70. The molecule has 0 radical (unpaired) electrons. The Morgan fingerprint density at radius 1 is 1.18 bits per heavy atom. The molecule has 2 aromatic carbocycles. The summed E-state index contributed by atoms with van der Waals surface area (Å²) in [5, 5.41) is 3.73. The van der Waals surface area contributed by atoms with Gasteiger partial charge in [-0.25, -0.2) is 0 Å². The smallest absolute Gasteiger partial charge is 0.223 e. The van der Waals surface area contributed by atoms with Crippen molar-refractivity contribution in [3.63, 3.8) is 0 Å². The lowest BCUT2D eigenvalue weighted by atomic mass is 9.83. The highest BCUT2D eigenvalue weighted by atomic mass is 32.2. The molecule has 1 unspecified atom stereocenters. The molecule has 0 aromatic heterocycles. The number of amides is 1. The van der Waals surface area contributed by atoms with Gasteiger partial charge < -0.3 is 10.2 Å². The zero-order valence-corrected chi connectivity index (χ0v) is 18.1. The first-order chi connectivity index (χ1) is 13.4. The molecular weight excluding hydrogens is 366 g/mol. The van der Waals surface area contributed by atoms with E-state index in [4.69, 9.17) is 0 Å². The topological polar surface area (TPSA) is 44.4 Å². The third-order valence-electron chi connectivity index (χ3n) is 5.71. The van der Waals surface area contributed by atoms with Gasteiger partial charge in [-0.15, -0.1) is 0 Å². The molecule has 3 rings (SSSR count). The molecule has 150 valence electrons. The van der Waals surface area contributed by atoms with Crippen LogP contribution in [0.4, 0.5) is 5.69 Å². The van der Waals surface area contributed by atoms with Crippen LogP contribution in [0.1, 0.15) is 37.0 Å². The minimum Gasteiger partial charge on any atom is -0.381 e. The molecular formula is C23H31N3OS. The van der Waals surface area contributed by atoms with E-state index in [0.29, 0.717) is 19.0 Å². The van der Waals surface area contributed by atoms with Gasteiger partial charge in [0, 0.05) is 42.9 Å². The van der Waals surface area contributed by atoms with Gasteiger partial charge in [-0.3, -0.25) is 9.52 Å². The van der Waals surface area contributed by atoms with Crippen molar-refractivity contribution in [2.45, 2.75) is 44.7 Å². The van der Waals surface area contributed by atoms with E-state index >= 15 is 0 Å². The van der Waals surface area contributed by atoms with Gasteiger partial charge in [0.05, 0.1) is 0 Å². The fourth-order valence-electron chi connectivity index (χ4n) is 3.92. The molecule has 28 heavy (non-hydrogen) atoms. The zero-order valence-electron chi connectivity index (χ0n) is 17.3. The zero-order chi connectivity index (χ0) is 20.1. The molecule has 0 aliphatic heterocycles. The fourth-order valence-corrected chi connectivity index (χ4v) is 4.40. The summed E-state index contributed by atoms with van der Waals surface area (Å²) in [5.41, 5.74) is 5.28. The molecule has 1 aliphatic carbocycles. The molecule has 0 spiro atoms. The van der Waals surface area contributed by atoms with Gasteiger partial charge in [0.1, 0.15) is 0 Å². The number of hydrogen-bond donors (Lipinski definition) is 2. The summed E-state index contributed by atoms with van der Waals surface area (Å²) >= 11 is 1.57. The van der Waals surface area contributed by atoms with Gasteiger partial charge in [0.15, 0.2) is 0 Å². The normalized spacial score (nSPS) is 17.2. The number of rotatable bonds is 8. The maximum atomic E-state index is 12.2. The van der Waals surface area contributed by atoms with Crippen molar-refractivity contribution in [1.29, 1.82) is 0 Å². The van der Waals surface area contributed by atoms with Gasteiger partial charge in [0.2, 0.25) is 5.91 Å². The van der Waals surface area contributed by atoms with Crippen LogP contribution in [-0.4, -0.2) is 36.7 Å². The predicted octanol–water partition coefficient (Wildman–Crippen LogP) is 4.22. The van der Waals surface area contributed by atoms with E-state index in [0.717, 1.165) is 23.4 Å². The van der Waals surface area contributed by atoms with E-state index in [1.807, 2.05) is 14.1 Å². The van der Waals surface area contributed by atoms with Gasteiger partial charge in [-0.1, -0.05) is 62.2 Å². The lowest BCUT2D eigenvalue weighted by Crippen LogP contribution is -2.36. The number of hydrogen-bond acceptors (Lipinski definition) is 4. The number of carbonyl (C=O) groups is 1. The van der Waals surface area contributed by atoms with Crippen LogP contribution in [0.5, 0.6) is 0 Å². The molecule has 4 nitrogen and oxygen atoms in total. The maximum absolute atomic E-state index is 12.2. The van der Waals surface area contributed by atoms with Crippen LogP contribution in [0, 0.1) is 0 Å². The minimum atomic E-state index is 0.104. The Labute approximate surface area is 173 Å². The molecule has 1 aliphatic rings. The first kappa shape index (κ1) is 20.7. The summed E-state index contributed by atoms with van der Waals surface area (Å²) in [5.74, 6) is 0.970. The summed E-state index contributed by atoms with van der Waals surface area (Å²) in [4.78, 5) is 14.0. The van der Waals surface area contributed by atoms with Crippen LogP contribution in [0.3, 0.4) is 0 Å². The fraction of sp³-hybridized carbons (Fsp3) is 0.435. The first-order valence-electron chi connectivity index (χ1n) is 9.88. The monoisotopic (exact) mass is 397 g/mol. The molecule has 2 aromatic rings. The molecule has 1 atom stereocenters. The van der Waals surface area contributed by atoms with Gasteiger partial charge >= 0.3 is 0 Å². The third-order valence-corrected chi connectivity index (χ3v) is 6.41. The summed E-state index contributed by atoms with van der Waals surface area (Å²) in [6.07, 6.45) is 1.60. The molecule has 0 bridgehead atoms. The molecule has 1 amide bonds. The Morgan fingerprint density at radius 2 is 1.89 bits per heavy atom. The molecule has 0 fully saturated rings. The Balaban J connectivity index is 1.57. The summed E-state index contributed by atoms with van der Waals surface area (Å²) in [6, 6.07) is 17.6. The Bertz CT molecular complexity index is 804. The van der Waals surface area contributed by atoms with E-state index < -0.39 is 0 Å². The molecule has 0 saturated heterocycles. The minimum absolute atomic E-state index is 0.104. The summed E-state index contributed by atoms with van der Waals surface area (Å²) in [6.45, 7) is 5.28. The second-order valence-electron chi connectivity index (χ2n) is 8.03. The van der Waals surface area contributed by atoms with Crippen molar-refractivity contribution < 1.29 is 4.79 Å². The number of benzene rings is 2. The van der Waals surface area contributed by atoms with E-state index in [1.54, 1.807) is 16.8 Å². The second kappa shape index (κ2) is 9.01. The van der Waals surface area contributed by atoms with Gasteiger partial charge in [-0.05, 0) is 42.3 Å². The van der Waals surface area contributed by atoms with E-state index in [1.165, 1.54) is 11.1 Å². The first-order valence-corrected chi connectivity index (χ1v) is 10.9. The average Bonchev–Trinajstić information content (AvgIpc) is 2.94.